The number of rotatable bonds is 2. The number of piperidine rings is 1. The van der Waals surface area contributed by atoms with E-state index in [-0.39, 0.29) is 23.7 Å². The highest BCUT2D eigenvalue weighted by atomic mass is 16.5. The van der Waals surface area contributed by atoms with Crippen LogP contribution in [0.15, 0.2) is 6.07 Å². The molecule has 3 aliphatic rings. The molecule has 6 nitrogen and oxygen atoms in total. The molecule has 1 aromatic heterocycles. The van der Waals surface area contributed by atoms with Crippen LogP contribution in [0.5, 0.6) is 5.88 Å². The van der Waals surface area contributed by atoms with Gasteiger partial charge in [0.25, 0.3) is 5.91 Å². The van der Waals surface area contributed by atoms with E-state index in [4.69, 9.17) is 4.74 Å². The number of nitrogens with zero attached hydrogens (tertiary/aromatic N) is 3. The zero-order chi connectivity index (χ0) is 16.8. The maximum absolute atomic E-state index is 13.0. The van der Waals surface area contributed by atoms with Crippen molar-refractivity contribution in [2.75, 3.05) is 33.8 Å². The third-order valence-corrected chi connectivity index (χ3v) is 5.70. The van der Waals surface area contributed by atoms with Crippen LogP contribution in [0.25, 0.3) is 0 Å². The number of hydrogen-bond donors (Lipinski definition) is 0. The fraction of sp³-hybridized carbons (Fsp3) is 0.611. The van der Waals surface area contributed by atoms with Crippen LogP contribution in [0.3, 0.4) is 0 Å². The number of carbonyl (C=O) groups is 2. The standard InChI is InChI=1S/C18H23N3O3/c1-20-7-6-12-9-21(10-14(12)17(20)22)18(23)13-8-11-4-3-5-15(11)19-16(13)24-2/h8,12,14H,3-7,9-10H2,1-2H3/t12-,14+/m1/s1. The average molecular weight is 329 g/mol. The lowest BCUT2D eigenvalue weighted by Gasteiger charge is -2.30. The molecule has 2 amide bonds. The number of likely N-dealkylation sites (tertiary alicyclic amines) is 2. The molecule has 6 heteroatoms. The van der Waals surface area contributed by atoms with Gasteiger partial charge in [-0.05, 0) is 43.2 Å². The number of amides is 2. The van der Waals surface area contributed by atoms with Crippen molar-refractivity contribution in [1.82, 2.24) is 14.8 Å². The molecule has 0 saturated carbocycles. The van der Waals surface area contributed by atoms with Crippen molar-refractivity contribution in [3.05, 3.63) is 22.9 Å². The van der Waals surface area contributed by atoms with Gasteiger partial charge in [0.15, 0.2) is 0 Å². The molecule has 3 heterocycles. The first-order valence-electron chi connectivity index (χ1n) is 8.69. The Balaban J connectivity index is 1.60. The Bertz CT molecular complexity index is 703. The highest BCUT2D eigenvalue weighted by molar-refractivity contribution is 5.97. The Kier molecular flexibility index (Phi) is 3.70. The van der Waals surface area contributed by atoms with E-state index in [1.165, 1.54) is 0 Å². The Morgan fingerprint density at radius 1 is 1.33 bits per heavy atom. The van der Waals surface area contributed by atoms with Crippen LogP contribution >= 0.6 is 0 Å². The van der Waals surface area contributed by atoms with Crippen molar-refractivity contribution in [3.8, 4) is 5.88 Å². The number of carbonyl (C=O) groups excluding carboxylic acids is 2. The van der Waals surface area contributed by atoms with E-state index in [9.17, 15) is 9.59 Å². The van der Waals surface area contributed by atoms with Crippen LogP contribution in [0, 0.1) is 11.8 Å². The van der Waals surface area contributed by atoms with Gasteiger partial charge in [-0.3, -0.25) is 9.59 Å². The third-order valence-electron chi connectivity index (χ3n) is 5.70. The summed E-state index contributed by atoms with van der Waals surface area (Å²) in [4.78, 5) is 33.5. The van der Waals surface area contributed by atoms with Crippen molar-refractivity contribution in [1.29, 1.82) is 0 Å². The second-order valence-corrected chi connectivity index (χ2v) is 7.13. The number of ether oxygens (including phenoxy) is 1. The van der Waals surface area contributed by atoms with E-state index < -0.39 is 0 Å². The summed E-state index contributed by atoms with van der Waals surface area (Å²) in [6.07, 6.45) is 3.98. The van der Waals surface area contributed by atoms with Crippen molar-refractivity contribution >= 4 is 11.8 Å². The Morgan fingerprint density at radius 3 is 2.96 bits per heavy atom. The topological polar surface area (TPSA) is 62.7 Å². The van der Waals surface area contributed by atoms with Gasteiger partial charge in [-0.25, -0.2) is 4.98 Å². The van der Waals surface area contributed by atoms with Gasteiger partial charge in [0.1, 0.15) is 5.56 Å². The van der Waals surface area contributed by atoms with E-state index in [0.717, 1.165) is 43.5 Å². The maximum Gasteiger partial charge on any atom is 0.259 e. The Hall–Kier alpha value is -2.11. The van der Waals surface area contributed by atoms with Gasteiger partial charge in [-0.15, -0.1) is 0 Å². The lowest BCUT2D eigenvalue weighted by atomic mass is 9.88. The summed E-state index contributed by atoms with van der Waals surface area (Å²) in [5.74, 6) is 0.755. The van der Waals surface area contributed by atoms with Crippen molar-refractivity contribution < 1.29 is 14.3 Å². The largest absolute Gasteiger partial charge is 0.480 e. The molecule has 128 valence electrons. The number of aryl methyl sites for hydroxylation is 2. The monoisotopic (exact) mass is 329 g/mol. The van der Waals surface area contributed by atoms with Gasteiger partial charge in [-0.1, -0.05) is 0 Å². The van der Waals surface area contributed by atoms with Crippen LogP contribution in [0.4, 0.5) is 0 Å². The highest BCUT2D eigenvalue weighted by Gasteiger charge is 2.43. The summed E-state index contributed by atoms with van der Waals surface area (Å²) in [6.45, 7) is 1.95. The first-order chi connectivity index (χ1) is 11.6. The molecule has 2 fully saturated rings. The fourth-order valence-corrected chi connectivity index (χ4v) is 4.29. The lowest BCUT2D eigenvalue weighted by molar-refractivity contribution is -0.137. The Morgan fingerprint density at radius 2 is 2.17 bits per heavy atom. The number of hydrogen-bond acceptors (Lipinski definition) is 4. The fourth-order valence-electron chi connectivity index (χ4n) is 4.29. The van der Waals surface area contributed by atoms with Gasteiger partial charge in [0.05, 0.1) is 13.0 Å². The van der Waals surface area contributed by atoms with E-state index in [1.807, 2.05) is 18.0 Å². The van der Waals surface area contributed by atoms with E-state index in [0.29, 0.717) is 24.5 Å². The molecule has 0 radical (unpaired) electrons. The van der Waals surface area contributed by atoms with Gasteiger partial charge in [0.2, 0.25) is 11.8 Å². The van der Waals surface area contributed by atoms with Crippen molar-refractivity contribution in [2.45, 2.75) is 25.7 Å². The third kappa shape index (κ3) is 2.36. The summed E-state index contributed by atoms with van der Waals surface area (Å²) in [5.41, 5.74) is 2.75. The summed E-state index contributed by atoms with van der Waals surface area (Å²) in [7, 11) is 3.40. The number of pyridine rings is 1. The lowest BCUT2D eigenvalue weighted by Crippen LogP contribution is -2.42. The number of fused-ring (bicyclic) bond motifs is 2. The van der Waals surface area contributed by atoms with E-state index in [2.05, 4.69) is 4.98 Å². The highest BCUT2D eigenvalue weighted by Crippen LogP contribution is 2.34. The molecule has 2 atom stereocenters. The summed E-state index contributed by atoms with van der Waals surface area (Å²) in [5, 5.41) is 0. The summed E-state index contributed by atoms with van der Waals surface area (Å²) < 4.78 is 5.37. The molecule has 1 aromatic rings. The van der Waals surface area contributed by atoms with Crippen LogP contribution in [0.1, 0.15) is 34.5 Å². The SMILES string of the molecule is COc1nc2c(cc1C(=O)N1C[C@H]3CCN(C)C(=O)[C@H]3C1)CCC2. The van der Waals surface area contributed by atoms with Crippen LogP contribution in [-0.4, -0.2) is 60.4 Å². The molecule has 4 rings (SSSR count). The summed E-state index contributed by atoms with van der Waals surface area (Å²) in [6, 6.07) is 1.95. The minimum Gasteiger partial charge on any atom is -0.480 e. The predicted octanol–water partition coefficient (Wildman–Crippen LogP) is 1.13. The van der Waals surface area contributed by atoms with Gasteiger partial charge in [-0.2, -0.15) is 0 Å². The van der Waals surface area contributed by atoms with Gasteiger partial charge >= 0.3 is 0 Å². The first-order valence-corrected chi connectivity index (χ1v) is 8.69. The molecule has 2 aliphatic heterocycles. The van der Waals surface area contributed by atoms with Crippen molar-refractivity contribution in [3.63, 3.8) is 0 Å². The molecular weight excluding hydrogens is 306 g/mol. The normalized spacial score (nSPS) is 25.7. The number of aromatic nitrogens is 1. The average Bonchev–Trinajstić information content (AvgIpc) is 3.22. The molecule has 0 bridgehead atoms. The molecule has 0 N–H and O–H groups in total. The summed E-state index contributed by atoms with van der Waals surface area (Å²) >= 11 is 0. The molecule has 0 unspecified atom stereocenters. The predicted molar refractivity (Wildman–Crippen MR) is 88.0 cm³/mol. The molecule has 0 spiro atoms. The van der Waals surface area contributed by atoms with E-state index >= 15 is 0 Å². The minimum atomic E-state index is -0.0566. The smallest absolute Gasteiger partial charge is 0.259 e. The van der Waals surface area contributed by atoms with Crippen molar-refractivity contribution in [2.24, 2.45) is 11.8 Å². The second kappa shape index (κ2) is 5.76. The second-order valence-electron chi connectivity index (χ2n) is 7.13. The van der Waals surface area contributed by atoms with E-state index in [1.54, 1.807) is 12.0 Å². The first kappa shape index (κ1) is 15.4. The van der Waals surface area contributed by atoms with Crippen LogP contribution in [0.2, 0.25) is 0 Å². The minimum absolute atomic E-state index is 0.0546. The van der Waals surface area contributed by atoms with Gasteiger partial charge in [0, 0.05) is 32.4 Å². The van der Waals surface area contributed by atoms with Gasteiger partial charge < -0.3 is 14.5 Å². The molecule has 2 saturated heterocycles. The molecule has 1 aliphatic carbocycles. The Labute approximate surface area is 141 Å². The molecule has 0 aromatic carbocycles. The quantitative estimate of drug-likeness (QED) is 0.816. The zero-order valence-electron chi connectivity index (χ0n) is 14.2. The van der Waals surface area contributed by atoms with Crippen LogP contribution in [-0.2, 0) is 17.6 Å². The molecular formula is C18H23N3O3. The maximum atomic E-state index is 13.0. The number of methoxy groups -OCH3 is 1. The molecule has 24 heavy (non-hydrogen) atoms. The zero-order valence-corrected chi connectivity index (χ0v) is 14.2. The van der Waals surface area contributed by atoms with Crippen LogP contribution < -0.4 is 4.74 Å².